The van der Waals surface area contributed by atoms with E-state index in [9.17, 15) is 0 Å². The Balaban J connectivity index is 1.77. The van der Waals surface area contributed by atoms with Gasteiger partial charge in [-0.1, -0.05) is 6.08 Å². The van der Waals surface area contributed by atoms with Crippen molar-refractivity contribution in [3.63, 3.8) is 0 Å². The van der Waals surface area contributed by atoms with Crippen molar-refractivity contribution in [2.24, 2.45) is 0 Å². The average molecular weight is 321 g/mol. The van der Waals surface area contributed by atoms with E-state index in [0.29, 0.717) is 0 Å². The second-order valence-corrected chi connectivity index (χ2v) is 6.51. The van der Waals surface area contributed by atoms with Crippen LogP contribution >= 0.6 is 0 Å². The molecule has 0 N–H and O–H groups in total. The molecule has 0 saturated carbocycles. The van der Waals surface area contributed by atoms with Gasteiger partial charge in [0.25, 0.3) is 0 Å². The summed E-state index contributed by atoms with van der Waals surface area (Å²) in [7, 11) is 0. The standard InChI is InChI=1S/C19H23N5/c1-2-9-23-12-7-17-16(14-23)19(24-10-3-4-11-24)22-18(21-17)15-6-5-8-20-13-15/h2,5-6,8,13H,1,3-4,7,9-12,14H2. The van der Waals surface area contributed by atoms with Crippen LogP contribution in [0.15, 0.2) is 37.2 Å². The number of aromatic nitrogens is 3. The molecule has 4 heterocycles. The van der Waals surface area contributed by atoms with Crippen LogP contribution in [0.5, 0.6) is 0 Å². The molecule has 124 valence electrons. The zero-order chi connectivity index (χ0) is 16.4. The largest absolute Gasteiger partial charge is 0.356 e. The summed E-state index contributed by atoms with van der Waals surface area (Å²) in [6.07, 6.45) is 9.08. The lowest BCUT2D eigenvalue weighted by Crippen LogP contribution is -2.34. The van der Waals surface area contributed by atoms with E-state index in [-0.39, 0.29) is 0 Å². The van der Waals surface area contributed by atoms with Crippen molar-refractivity contribution in [2.45, 2.75) is 25.8 Å². The second-order valence-electron chi connectivity index (χ2n) is 6.51. The van der Waals surface area contributed by atoms with Crippen molar-refractivity contribution < 1.29 is 0 Å². The van der Waals surface area contributed by atoms with E-state index < -0.39 is 0 Å². The first-order valence-corrected chi connectivity index (χ1v) is 8.73. The molecule has 0 aliphatic carbocycles. The molecule has 2 aliphatic heterocycles. The van der Waals surface area contributed by atoms with Crippen LogP contribution in [-0.4, -0.2) is 46.0 Å². The van der Waals surface area contributed by atoms with Gasteiger partial charge in [-0.3, -0.25) is 9.88 Å². The molecule has 0 radical (unpaired) electrons. The van der Waals surface area contributed by atoms with Crippen molar-refractivity contribution in [1.82, 2.24) is 19.9 Å². The Morgan fingerprint density at radius 1 is 1.17 bits per heavy atom. The minimum absolute atomic E-state index is 0.806. The van der Waals surface area contributed by atoms with Crippen molar-refractivity contribution in [1.29, 1.82) is 0 Å². The third-order valence-corrected chi connectivity index (χ3v) is 4.83. The Labute approximate surface area is 143 Å². The minimum Gasteiger partial charge on any atom is -0.356 e. The zero-order valence-electron chi connectivity index (χ0n) is 14.0. The summed E-state index contributed by atoms with van der Waals surface area (Å²) in [5.74, 6) is 1.94. The van der Waals surface area contributed by atoms with Crippen LogP contribution in [-0.2, 0) is 13.0 Å². The Bertz CT molecular complexity index is 722. The maximum Gasteiger partial charge on any atom is 0.163 e. The highest BCUT2D eigenvalue weighted by molar-refractivity contribution is 5.60. The Morgan fingerprint density at radius 2 is 2.04 bits per heavy atom. The van der Waals surface area contributed by atoms with Gasteiger partial charge in [0.15, 0.2) is 5.82 Å². The van der Waals surface area contributed by atoms with Crippen LogP contribution in [0.25, 0.3) is 11.4 Å². The Morgan fingerprint density at radius 3 is 2.79 bits per heavy atom. The molecule has 0 bridgehead atoms. The number of rotatable bonds is 4. The van der Waals surface area contributed by atoms with Crippen LogP contribution in [0.2, 0.25) is 0 Å². The number of hydrogen-bond acceptors (Lipinski definition) is 5. The molecule has 5 nitrogen and oxygen atoms in total. The molecule has 24 heavy (non-hydrogen) atoms. The number of fused-ring (bicyclic) bond motifs is 1. The summed E-state index contributed by atoms with van der Waals surface area (Å²) in [5.41, 5.74) is 3.50. The normalized spacial score (nSPS) is 17.8. The van der Waals surface area contributed by atoms with Gasteiger partial charge in [0, 0.05) is 62.7 Å². The fourth-order valence-electron chi connectivity index (χ4n) is 3.61. The molecule has 2 aromatic rings. The highest BCUT2D eigenvalue weighted by Gasteiger charge is 2.26. The maximum atomic E-state index is 4.96. The highest BCUT2D eigenvalue weighted by atomic mass is 15.2. The fraction of sp³-hybridized carbons (Fsp3) is 0.421. The summed E-state index contributed by atoms with van der Waals surface area (Å²) in [6, 6.07) is 3.98. The van der Waals surface area contributed by atoms with Crippen LogP contribution in [0, 0.1) is 0 Å². The van der Waals surface area contributed by atoms with E-state index in [1.807, 2.05) is 24.4 Å². The van der Waals surface area contributed by atoms with Crippen LogP contribution in [0.4, 0.5) is 5.82 Å². The summed E-state index contributed by atoms with van der Waals surface area (Å²) in [4.78, 5) is 18.9. The molecule has 0 atom stereocenters. The van der Waals surface area contributed by atoms with Crippen molar-refractivity contribution in [3.8, 4) is 11.4 Å². The van der Waals surface area contributed by atoms with Crippen molar-refractivity contribution >= 4 is 5.82 Å². The molecule has 5 heteroatoms. The van der Waals surface area contributed by atoms with Crippen LogP contribution in [0.3, 0.4) is 0 Å². The number of hydrogen-bond donors (Lipinski definition) is 0. The topological polar surface area (TPSA) is 45.2 Å². The quantitative estimate of drug-likeness (QED) is 0.810. The molecule has 1 fully saturated rings. The number of anilines is 1. The smallest absolute Gasteiger partial charge is 0.163 e. The molecule has 0 aromatic carbocycles. The van der Waals surface area contributed by atoms with E-state index >= 15 is 0 Å². The van der Waals surface area contributed by atoms with Gasteiger partial charge in [-0.2, -0.15) is 0 Å². The van der Waals surface area contributed by atoms with Crippen molar-refractivity contribution in [2.75, 3.05) is 31.1 Å². The molecular formula is C19H23N5. The lowest BCUT2D eigenvalue weighted by molar-refractivity contribution is 0.279. The van der Waals surface area contributed by atoms with Gasteiger partial charge < -0.3 is 4.90 Å². The van der Waals surface area contributed by atoms with Crippen LogP contribution in [0.1, 0.15) is 24.1 Å². The maximum absolute atomic E-state index is 4.96. The number of pyridine rings is 1. The SMILES string of the molecule is C=CCN1CCc2nc(-c3cccnc3)nc(N3CCCC3)c2C1. The number of nitrogens with zero attached hydrogens (tertiary/aromatic N) is 5. The monoisotopic (exact) mass is 321 g/mol. The predicted octanol–water partition coefficient (Wildman–Crippen LogP) is 2.68. The van der Waals surface area contributed by atoms with Gasteiger partial charge in [-0.15, -0.1) is 6.58 Å². The third-order valence-electron chi connectivity index (χ3n) is 4.83. The molecule has 1 saturated heterocycles. The van der Waals surface area contributed by atoms with Gasteiger partial charge >= 0.3 is 0 Å². The molecule has 0 amide bonds. The minimum atomic E-state index is 0.806. The third kappa shape index (κ3) is 2.91. The lowest BCUT2D eigenvalue weighted by atomic mass is 10.0. The second kappa shape index (κ2) is 6.69. The van der Waals surface area contributed by atoms with Crippen molar-refractivity contribution in [3.05, 3.63) is 48.4 Å². The van der Waals surface area contributed by atoms with Gasteiger partial charge in [-0.25, -0.2) is 9.97 Å². The first-order chi connectivity index (χ1) is 11.8. The fourth-order valence-corrected chi connectivity index (χ4v) is 3.61. The predicted molar refractivity (Wildman–Crippen MR) is 95.9 cm³/mol. The molecule has 2 aliphatic rings. The van der Waals surface area contributed by atoms with E-state index in [1.165, 1.54) is 24.1 Å². The van der Waals surface area contributed by atoms with Crippen LogP contribution < -0.4 is 4.90 Å². The molecule has 4 rings (SSSR count). The summed E-state index contributed by atoms with van der Waals surface area (Å²) in [5, 5.41) is 0. The van der Waals surface area contributed by atoms with E-state index in [0.717, 1.165) is 56.4 Å². The Kier molecular flexibility index (Phi) is 4.26. The Hall–Kier alpha value is -2.27. The molecule has 2 aromatic heterocycles. The zero-order valence-corrected chi connectivity index (χ0v) is 14.0. The molecular weight excluding hydrogens is 298 g/mol. The summed E-state index contributed by atoms with van der Waals surface area (Å²) in [6.45, 7) is 8.93. The first kappa shape index (κ1) is 15.3. The van der Waals surface area contributed by atoms with E-state index in [1.54, 1.807) is 6.20 Å². The van der Waals surface area contributed by atoms with Gasteiger partial charge in [0.05, 0.1) is 5.69 Å². The van der Waals surface area contributed by atoms with E-state index in [4.69, 9.17) is 9.97 Å². The van der Waals surface area contributed by atoms with Gasteiger partial charge in [0.2, 0.25) is 0 Å². The van der Waals surface area contributed by atoms with Gasteiger partial charge in [0.1, 0.15) is 5.82 Å². The lowest BCUT2D eigenvalue weighted by Gasteiger charge is -2.31. The molecule has 0 spiro atoms. The summed E-state index contributed by atoms with van der Waals surface area (Å²) >= 11 is 0. The highest BCUT2D eigenvalue weighted by Crippen LogP contribution is 2.31. The van der Waals surface area contributed by atoms with E-state index in [2.05, 4.69) is 21.4 Å². The summed E-state index contributed by atoms with van der Waals surface area (Å²) < 4.78 is 0. The molecule has 0 unspecified atom stereocenters. The average Bonchev–Trinajstić information content (AvgIpc) is 3.16. The van der Waals surface area contributed by atoms with Gasteiger partial charge in [-0.05, 0) is 25.0 Å². The first-order valence-electron chi connectivity index (χ1n) is 8.73.